The molecule has 0 unspecified atom stereocenters. The van der Waals surface area contributed by atoms with Crippen molar-refractivity contribution in [3.63, 3.8) is 0 Å². The molecule has 0 radical (unpaired) electrons. The van der Waals surface area contributed by atoms with Crippen LogP contribution in [0.25, 0.3) is 0 Å². The number of nitrogens with two attached hydrogens (primary N) is 1. The van der Waals surface area contributed by atoms with Gasteiger partial charge in [-0.15, -0.1) is 0 Å². The van der Waals surface area contributed by atoms with E-state index in [0.717, 1.165) is 22.6 Å². The Balaban J connectivity index is 2.52. The van der Waals surface area contributed by atoms with Gasteiger partial charge in [-0.2, -0.15) is 0 Å². The lowest BCUT2D eigenvalue weighted by Gasteiger charge is -2.13. The van der Waals surface area contributed by atoms with Crippen molar-refractivity contribution < 1.29 is 9.53 Å². The molecule has 0 saturated carbocycles. The van der Waals surface area contributed by atoms with Gasteiger partial charge in [0.05, 0.1) is 13.0 Å². The molecule has 1 amide bonds. The Kier molecular flexibility index (Phi) is 5.01. The van der Waals surface area contributed by atoms with Gasteiger partial charge in [-0.1, -0.05) is 0 Å². The van der Waals surface area contributed by atoms with Crippen LogP contribution < -0.4 is 15.8 Å². The van der Waals surface area contributed by atoms with Gasteiger partial charge in [0.2, 0.25) is 5.91 Å². The van der Waals surface area contributed by atoms with E-state index in [0.29, 0.717) is 13.0 Å². The van der Waals surface area contributed by atoms with Gasteiger partial charge < -0.3 is 15.8 Å². The summed E-state index contributed by atoms with van der Waals surface area (Å²) < 4.78 is 5.66. The molecule has 0 aliphatic heterocycles. The number of hydrogen-bond acceptors (Lipinski definition) is 3. The predicted molar refractivity (Wildman–Crippen MR) is 73.7 cm³/mol. The van der Waals surface area contributed by atoms with Crippen molar-refractivity contribution in [3.05, 3.63) is 23.3 Å². The van der Waals surface area contributed by atoms with Crippen LogP contribution in [0.4, 0.5) is 5.69 Å². The summed E-state index contributed by atoms with van der Waals surface area (Å²) in [6.07, 6.45) is 0.363. The molecule has 0 heterocycles. The number of anilines is 1. The van der Waals surface area contributed by atoms with Crippen LogP contribution in [0.2, 0.25) is 0 Å². The van der Waals surface area contributed by atoms with Crippen molar-refractivity contribution in [1.29, 1.82) is 0 Å². The van der Waals surface area contributed by atoms with Crippen molar-refractivity contribution in [2.24, 2.45) is 0 Å². The summed E-state index contributed by atoms with van der Waals surface area (Å²) in [6, 6.07) is 3.91. The van der Waals surface area contributed by atoms with E-state index >= 15 is 0 Å². The first-order valence-corrected chi connectivity index (χ1v) is 6.19. The summed E-state index contributed by atoms with van der Waals surface area (Å²) in [6.45, 7) is 8.16. The van der Waals surface area contributed by atoms with Gasteiger partial charge in [-0.25, -0.2) is 0 Å². The second kappa shape index (κ2) is 6.28. The van der Waals surface area contributed by atoms with Crippen LogP contribution in [0.1, 0.15) is 31.4 Å². The summed E-state index contributed by atoms with van der Waals surface area (Å²) in [5, 5.41) is 2.83. The van der Waals surface area contributed by atoms with Gasteiger partial charge in [0.1, 0.15) is 5.75 Å². The molecule has 3 N–H and O–H groups in total. The number of aryl methyl sites for hydroxylation is 2. The van der Waals surface area contributed by atoms with Crippen LogP contribution in [0.15, 0.2) is 12.1 Å². The van der Waals surface area contributed by atoms with Gasteiger partial charge in [-0.05, 0) is 51.0 Å². The van der Waals surface area contributed by atoms with Crippen molar-refractivity contribution in [2.45, 2.75) is 40.2 Å². The highest BCUT2D eigenvalue weighted by atomic mass is 16.5. The topological polar surface area (TPSA) is 64.3 Å². The Labute approximate surface area is 109 Å². The van der Waals surface area contributed by atoms with Gasteiger partial charge in [0.15, 0.2) is 0 Å². The number of benzene rings is 1. The average Bonchev–Trinajstić information content (AvgIpc) is 2.20. The largest absolute Gasteiger partial charge is 0.493 e. The van der Waals surface area contributed by atoms with E-state index in [9.17, 15) is 4.79 Å². The number of nitrogen functional groups attached to an aromatic ring is 1. The molecule has 1 aromatic carbocycles. The first-order valence-electron chi connectivity index (χ1n) is 6.19. The quantitative estimate of drug-likeness (QED) is 0.787. The van der Waals surface area contributed by atoms with E-state index in [1.807, 2.05) is 39.8 Å². The second-order valence-corrected chi connectivity index (χ2v) is 4.80. The minimum Gasteiger partial charge on any atom is -0.493 e. The third-order valence-electron chi connectivity index (χ3n) is 2.51. The fourth-order valence-corrected chi connectivity index (χ4v) is 1.85. The number of nitrogens with one attached hydrogen (secondary N) is 1. The molecule has 0 atom stereocenters. The number of carbonyl (C=O) groups is 1. The molecule has 1 rings (SSSR count). The van der Waals surface area contributed by atoms with Crippen molar-refractivity contribution in [2.75, 3.05) is 12.3 Å². The highest BCUT2D eigenvalue weighted by molar-refractivity contribution is 5.76. The molecule has 0 bridgehead atoms. The summed E-state index contributed by atoms with van der Waals surface area (Å²) in [7, 11) is 0. The van der Waals surface area contributed by atoms with Crippen LogP contribution in [0.5, 0.6) is 5.75 Å². The Morgan fingerprint density at radius 1 is 1.33 bits per heavy atom. The number of rotatable bonds is 5. The Morgan fingerprint density at radius 2 is 1.89 bits per heavy atom. The van der Waals surface area contributed by atoms with E-state index in [4.69, 9.17) is 10.5 Å². The maximum atomic E-state index is 11.5. The first kappa shape index (κ1) is 14.4. The normalized spacial score (nSPS) is 10.5. The summed E-state index contributed by atoms with van der Waals surface area (Å²) in [4.78, 5) is 11.5. The molecule has 0 aliphatic rings. The lowest BCUT2D eigenvalue weighted by Crippen LogP contribution is -2.31. The zero-order chi connectivity index (χ0) is 13.7. The van der Waals surface area contributed by atoms with Crippen molar-refractivity contribution >= 4 is 11.6 Å². The van der Waals surface area contributed by atoms with Crippen LogP contribution in [0.3, 0.4) is 0 Å². The Hall–Kier alpha value is -1.71. The molecule has 18 heavy (non-hydrogen) atoms. The molecule has 4 heteroatoms. The Bertz CT molecular complexity index is 405. The van der Waals surface area contributed by atoms with Crippen LogP contribution >= 0.6 is 0 Å². The van der Waals surface area contributed by atoms with Crippen LogP contribution in [-0.4, -0.2) is 18.6 Å². The van der Waals surface area contributed by atoms with Gasteiger partial charge in [-0.3, -0.25) is 4.79 Å². The van der Waals surface area contributed by atoms with E-state index in [-0.39, 0.29) is 11.9 Å². The minimum absolute atomic E-state index is 0.00995. The SMILES string of the molecule is Cc1cc(N)cc(C)c1OCCC(=O)NC(C)C. The van der Waals surface area contributed by atoms with Crippen molar-refractivity contribution in [1.82, 2.24) is 5.32 Å². The molecular weight excluding hydrogens is 228 g/mol. The molecule has 0 spiro atoms. The first-order chi connectivity index (χ1) is 8.40. The molecule has 0 fully saturated rings. The molecule has 4 nitrogen and oxygen atoms in total. The van der Waals surface area contributed by atoms with E-state index in [2.05, 4.69) is 5.32 Å². The number of hydrogen-bond donors (Lipinski definition) is 2. The maximum absolute atomic E-state index is 11.5. The highest BCUT2D eigenvalue weighted by Gasteiger charge is 2.07. The van der Waals surface area contributed by atoms with Gasteiger partial charge in [0, 0.05) is 11.7 Å². The zero-order valence-electron chi connectivity index (χ0n) is 11.5. The maximum Gasteiger partial charge on any atom is 0.223 e. The predicted octanol–water partition coefficient (Wildman–Crippen LogP) is 2.18. The molecular formula is C14H22N2O2. The lowest BCUT2D eigenvalue weighted by molar-refractivity contribution is -0.122. The molecule has 0 saturated heterocycles. The fourth-order valence-electron chi connectivity index (χ4n) is 1.85. The summed E-state index contributed by atoms with van der Waals surface area (Å²) in [5.74, 6) is 0.831. The van der Waals surface area contributed by atoms with Gasteiger partial charge in [0.25, 0.3) is 0 Å². The fraction of sp³-hybridized carbons (Fsp3) is 0.500. The van der Waals surface area contributed by atoms with E-state index in [1.54, 1.807) is 0 Å². The summed E-state index contributed by atoms with van der Waals surface area (Å²) in [5.41, 5.74) is 8.47. The lowest BCUT2D eigenvalue weighted by atomic mass is 10.1. The van der Waals surface area contributed by atoms with Gasteiger partial charge >= 0.3 is 0 Å². The van der Waals surface area contributed by atoms with Crippen LogP contribution in [0, 0.1) is 13.8 Å². The molecule has 1 aromatic rings. The van der Waals surface area contributed by atoms with E-state index < -0.39 is 0 Å². The molecule has 0 aliphatic carbocycles. The number of ether oxygens (including phenoxy) is 1. The zero-order valence-corrected chi connectivity index (χ0v) is 11.5. The van der Waals surface area contributed by atoms with Crippen LogP contribution in [-0.2, 0) is 4.79 Å². The minimum atomic E-state index is 0.00995. The summed E-state index contributed by atoms with van der Waals surface area (Å²) >= 11 is 0. The third-order valence-corrected chi connectivity index (χ3v) is 2.51. The number of amides is 1. The average molecular weight is 250 g/mol. The standard InChI is InChI=1S/C14H22N2O2/c1-9(2)16-13(17)5-6-18-14-10(3)7-12(15)8-11(14)4/h7-9H,5-6,15H2,1-4H3,(H,16,17). The highest BCUT2D eigenvalue weighted by Crippen LogP contribution is 2.25. The smallest absolute Gasteiger partial charge is 0.223 e. The van der Waals surface area contributed by atoms with Crippen molar-refractivity contribution in [3.8, 4) is 5.75 Å². The molecule has 0 aromatic heterocycles. The van der Waals surface area contributed by atoms with E-state index in [1.165, 1.54) is 0 Å². The Morgan fingerprint density at radius 3 is 2.39 bits per heavy atom. The number of carbonyl (C=O) groups excluding carboxylic acids is 1. The monoisotopic (exact) mass is 250 g/mol. The molecule has 100 valence electrons. The second-order valence-electron chi connectivity index (χ2n) is 4.80. The third kappa shape index (κ3) is 4.28.